The molecule has 2 aliphatic rings. The molecule has 6 heteroatoms. The number of amides is 1. The van der Waals surface area contributed by atoms with Gasteiger partial charge in [0, 0.05) is 17.2 Å². The second-order valence-corrected chi connectivity index (χ2v) is 8.00. The summed E-state index contributed by atoms with van der Waals surface area (Å²) in [6.07, 6.45) is 0. The Morgan fingerprint density at radius 2 is 2.17 bits per heavy atom. The summed E-state index contributed by atoms with van der Waals surface area (Å²) in [5, 5.41) is 9.53. The first kappa shape index (κ1) is 14.8. The Balaban J connectivity index is 1.48. The molecule has 0 fully saturated rings. The minimum Gasteiger partial charge on any atom is -0.344 e. The fourth-order valence-corrected chi connectivity index (χ4v) is 5.42. The summed E-state index contributed by atoms with van der Waals surface area (Å²) < 4.78 is 1.34. The van der Waals surface area contributed by atoms with Crippen molar-refractivity contribution in [2.45, 2.75) is 23.2 Å². The van der Waals surface area contributed by atoms with Crippen molar-refractivity contribution in [3.8, 4) is 0 Å². The summed E-state index contributed by atoms with van der Waals surface area (Å²) in [5.74, 6) is 0.975. The smallest absolute Gasteiger partial charge is 0.268 e. The van der Waals surface area contributed by atoms with Crippen molar-refractivity contribution < 1.29 is 4.79 Å². The van der Waals surface area contributed by atoms with Crippen LogP contribution in [0.15, 0.2) is 51.1 Å². The molecule has 3 atom stereocenters. The Morgan fingerprint density at radius 3 is 3.00 bits per heavy atom. The van der Waals surface area contributed by atoms with Crippen LogP contribution in [0.5, 0.6) is 0 Å². The minimum absolute atomic E-state index is 0.0293. The molecule has 23 heavy (non-hydrogen) atoms. The van der Waals surface area contributed by atoms with Gasteiger partial charge >= 0.3 is 0 Å². The predicted octanol–water partition coefficient (Wildman–Crippen LogP) is 3.35. The van der Waals surface area contributed by atoms with Crippen molar-refractivity contribution >= 4 is 34.7 Å². The number of hydrogen-bond acceptors (Lipinski definition) is 5. The molecule has 1 amide bonds. The lowest BCUT2D eigenvalue weighted by atomic mass is 9.92. The molecule has 2 N–H and O–H groups in total. The van der Waals surface area contributed by atoms with E-state index in [1.54, 1.807) is 11.3 Å². The van der Waals surface area contributed by atoms with Gasteiger partial charge < -0.3 is 10.7 Å². The van der Waals surface area contributed by atoms with Gasteiger partial charge in [0.25, 0.3) is 5.91 Å². The van der Waals surface area contributed by atoms with Crippen LogP contribution in [-0.2, 0) is 4.79 Å². The maximum atomic E-state index is 12.6. The fraction of sp³-hybridized carbons (Fsp3) is 0.294. The number of benzene rings is 1. The average molecular weight is 343 g/mol. The molecule has 0 radical (unpaired) electrons. The molecule has 1 aromatic carbocycles. The van der Waals surface area contributed by atoms with E-state index in [1.807, 2.05) is 49.0 Å². The normalized spacial score (nSPS) is 23.3. The van der Waals surface area contributed by atoms with Crippen molar-refractivity contribution in [1.29, 1.82) is 0 Å². The highest BCUT2D eigenvalue weighted by atomic mass is 32.2. The van der Waals surface area contributed by atoms with Gasteiger partial charge in [-0.25, -0.2) is 0 Å². The van der Waals surface area contributed by atoms with Crippen LogP contribution in [0.2, 0.25) is 0 Å². The quantitative estimate of drug-likeness (QED) is 0.899. The molecule has 4 nitrogen and oxygen atoms in total. The van der Waals surface area contributed by atoms with E-state index in [2.05, 4.69) is 27.3 Å². The van der Waals surface area contributed by atoms with Gasteiger partial charge in [-0.2, -0.15) is 5.10 Å². The highest BCUT2D eigenvalue weighted by molar-refractivity contribution is 8.01. The van der Waals surface area contributed by atoms with Gasteiger partial charge in [-0.1, -0.05) is 30.3 Å². The fourth-order valence-electron chi connectivity index (χ4n) is 3.06. The Morgan fingerprint density at radius 1 is 1.35 bits per heavy atom. The van der Waals surface area contributed by atoms with Crippen molar-refractivity contribution in [3.05, 3.63) is 52.9 Å². The van der Waals surface area contributed by atoms with Gasteiger partial charge in [0.1, 0.15) is 5.71 Å². The monoisotopic (exact) mass is 343 g/mol. The number of fused-ring (bicyclic) bond motifs is 3. The van der Waals surface area contributed by atoms with Crippen molar-refractivity contribution in [2.75, 3.05) is 5.75 Å². The maximum Gasteiger partial charge on any atom is 0.268 e. The highest BCUT2D eigenvalue weighted by Gasteiger charge is 2.41. The van der Waals surface area contributed by atoms with E-state index in [1.165, 1.54) is 9.77 Å². The molecule has 0 saturated carbocycles. The van der Waals surface area contributed by atoms with E-state index in [-0.39, 0.29) is 23.9 Å². The second-order valence-electron chi connectivity index (χ2n) is 5.79. The van der Waals surface area contributed by atoms with Crippen LogP contribution >= 0.6 is 23.1 Å². The summed E-state index contributed by atoms with van der Waals surface area (Å²) >= 11 is 3.59. The van der Waals surface area contributed by atoms with E-state index in [9.17, 15) is 4.79 Å². The Bertz CT molecular complexity index is 756. The van der Waals surface area contributed by atoms with Crippen molar-refractivity contribution in [1.82, 2.24) is 10.7 Å². The molecule has 3 heterocycles. The van der Waals surface area contributed by atoms with Crippen LogP contribution in [0.3, 0.4) is 0 Å². The molecule has 118 valence electrons. The lowest BCUT2D eigenvalue weighted by molar-refractivity contribution is -0.115. The largest absolute Gasteiger partial charge is 0.344 e. The zero-order chi connectivity index (χ0) is 15.8. The molecular formula is C17H17N3OS2. The van der Waals surface area contributed by atoms with E-state index in [0.717, 1.165) is 11.3 Å². The van der Waals surface area contributed by atoms with Gasteiger partial charge in [-0.05, 0) is 23.9 Å². The van der Waals surface area contributed by atoms with E-state index in [0.29, 0.717) is 5.71 Å². The topological polar surface area (TPSA) is 53.5 Å². The van der Waals surface area contributed by atoms with Gasteiger partial charge in [-0.15, -0.1) is 23.1 Å². The number of carbonyl (C=O) groups is 1. The van der Waals surface area contributed by atoms with Crippen LogP contribution in [0, 0.1) is 5.92 Å². The lowest BCUT2D eigenvalue weighted by Crippen LogP contribution is -2.38. The summed E-state index contributed by atoms with van der Waals surface area (Å²) in [7, 11) is 0. The average Bonchev–Trinajstić information content (AvgIpc) is 3.21. The summed E-state index contributed by atoms with van der Waals surface area (Å²) in [4.78, 5) is 12.6. The molecule has 2 aliphatic heterocycles. The van der Waals surface area contributed by atoms with E-state index < -0.39 is 0 Å². The van der Waals surface area contributed by atoms with Gasteiger partial charge in [0.15, 0.2) is 0 Å². The molecule has 3 unspecified atom stereocenters. The molecule has 2 aromatic rings. The third kappa shape index (κ3) is 2.66. The van der Waals surface area contributed by atoms with Crippen LogP contribution in [0.1, 0.15) is 30.1 Å². The number of rotatable bonds is 3. The summed E-state index contributed by atoms with van der Waals surface area (Å²) in [5.41, 5.74) is 6.17. The lowest BCUT2D eigenvalue weighted by Gasteiger charge is -2.25. The number of nitrogens with one attached hydrogen (secondary N) is 2. The maximum absolute atomic E-state index is 12.6. The van der Waals surface area contributed by atoms with Crippen molar-refractivity contribution in [2.24, 2.45) is 11.0 Å². The van der Waals surface area contributed by atoms with Crippen molar-refractivity contribution in [3.63, 3.8) is 0 Å². The van der Waals surface area contributed by atoms with Crippen LogP contribution < -0.4 is 10.7 Å². The molecule has 0 saturated heterocycles. The number of thioether (sulfide) groups is 1. The van der Waals surface area contributed by atoms with E-state index >= 15 is 0 Å². The minimum atomic E-state index is -0.0689. The number of hydrazone groups is 1. The summed E-state index contributed by atoms with van der Waals surface area (Å²) in [6.45, 7) is 2.00. The molecule has 0 bridgehead atoms. The van der Waals surface area contributed by atoms with Gasteiger partial charge in [0.2, 0.25) is 0 Å². The van der Waals surface area contributed by atoms with Crippen LogP contribution in [0.25, 0.3) is 0 Å². The Kier molecular flexibility index (Phi) is 3.87. The zero-order valence-corrected chi connectivity index (χ0v) is 14.3. The molecule has 0 aliphatic carbocycles. The predicted molar refractivity (Wildman–Crippen MR) is 94.8 cm³/mol. The molecular weight excluding hydrogens is 326 g/mol. The number of thiophene rings is 1. The Hall–Kier alpha value is -1.79. The van der Waals surface area contributed by atoms with Crippen LogP contribution in [-0.4, -0.2) is 17.4 Å². The number of carbonyl (C=O) groups excluding carboxylic acids is 1. The number of nitrogens with zero attached hydrogens (tertiary/aromatic N) is 1. The van der Waals surface area contributed by atoms with Gasteiger partial charge in [0.05, 0.1) is 16.3 Å². The van der Waals surface area contributed by atoms with E-state index in [4.69, 9.17) is 0 Å². The standard InChI is InChI=1S/C17H17N3OS2/c1-10(11-5-3-2-4-6-11)18-16(21)15-13-9-23-17-12(7-8-22-17)14(13)19-20-15/h2-8,10,13-14,19H,9H2,1H3,(H,18,21). The third-order valence-electron chi connectivity index (χ3n) is 4.34. The summed E-state index contributed by atoms with van der Waals surface area (Å²) in [6, 6.07) is 12.2. The first-order valence-electron chi connectivity index (χ1n) is 7.63. The first-order chi connectivity index (χ1) is 11.2. The molecule has 1 aromatic heterocycles. The second kappa shape index (κ2) is 6.02. The van der Waals surface area contributed by atoms with Gasteiger partial charge in [-0.3, -0.25) is 4.79 Å². The molecule has 0 spiro atoms. The number of hydrogen-bond donors (Lipinski definition) is 2. The zero-order valence-electron chi connectivity index (χ0n) is 12.7. The SMILES string of the molecule is CC(NC(=O)C1=NNC2c3ccsc3SCC12)c1ccccc1. The highest BCUT2D eigenvalue weighted by Crippen LogP contribution is 2.45. The van der Waals surface area contributed by atoms with Crippen LogP contribution in [0.4, 0.5) is 0 Å². The third-order valence-corrected chi connectivity index (χ3v) is 6.73. The first-order valence-corrected chi connectivity index (χ1v) is 9.49. The Labute approximate surface area is 143 Å². The molecule has 4 rings (SSSR count).